The summed E-state index contributed by atoms with van der Waals surface area (Å²) in [4.78, 5) is 28.8. The van der Waals surface area contributed by atoms with Gasteiger partial charge < -0.3 is 19.4 Å². The Labute approximate surface area is 192 Å². The van der Waals surface area contributed by atoms with Gasteiger partial charge in [0.15, 0.2) is 0 Å². The molecule has 7 heteroatoms. The van der Waals surface area contributed by atoms with Crippen LogP contribution in [0.2, 0.25) is 0 Å². The maximum Gasteiger partial charge on any atom is 0.257 e. The SMILES string of the molecule is Cc1ccc(CNC(=O)c2cn(C3COC3)c3ccc(CN4CCOCC4)cc3c2=O)cc1. The zero-order valence-electron chi connectivity index (χ0n) is 18.9. The number of nitrogens with one attached hydrogen (secondary N) is 1. The van der Waals surface area contributed by atoms with Crippen LogP contribution in [0.25, 0.3) is 10.9 Å². The van der Waals surface area contributed by atoms with E-state index in [1.165, 1.54) is 0 Å². The standard InChI is InChI=1S/C26H29N3O4/c1-18-2-4-19(5-3-18)13-27-26(31)23-15-29(21-16-33-17-21)24-7-6-20(12-22(24)25(23)30)14-28-8-10-32-11-9-28/h2-7,12,15,21H,8-11,13-14,16-17H2,1H3,(H,27,31). The summed E-state index contributed by atoms with van der Waals surface area (Å²) in [7, 11) is 0. The summed E-state index contributed by atoms with van der Waals surface area (Å²) in [6.45, 7) is 7.54. The van der Waals surface area contributed by atoms with E-state index < -0.39 is 0 Å². The van der Waals surface area contributed by atoms with Crippen molar-refractivity contribution in [2.75, 3.05) is 39.5 Å². The molecule has 33 heavy (non-hydrogen) atoms. The minimum atomic E-state index is -0.352. The summed E-state index contributed by atoms with van der Waals surface area (Å²) in [6, 6.07) is 14.1. The van der Waals surface area contributed by atoms with Crippen LogP contribution in [0.5, 0.6) is 0 Å². The maximum absolute atomic E-state index is 13.4. The summed E-state index contributed by atoms with van der Waals surface area (Å²) < 4.78 is 12.9. The van der Waals surface area contributed by atoms with Crippen LogP contribution >= 0.6 is 0 Å². The number of rotatable bonds is 6. The van der Waals surface area contributed by atoms with Crippen LogP contribution in [0.15, 0.2) is 53.5 Å². The van der Waals surface area contributed by atoms with E-state index in [1.54, 1.807) is 6.20 Å². The second-order valence-electron chi connectivity index (χ2n) is 8.88. The molecular formula is C26H29N3O4. The van der Waals surface area contributed by atoms with Crippen molar-refractivity contribution >= 4 is 16.8 Å². The van der Waals surface area contributed by atoms with Gasteiger partial charge in [0, 0.05) is 37.8 Å². The highest BCUT2D eigenvalue weighted by molar-refractivity contribution is 5.97. The number of aryl methyl sites for hydroxylation is 1. The molecule has 0 radical (unpaired) electrons. The van der Waals surface area contributed by atoms with Crippen LogP contribution < -0.4 is 10.7 Å². The van der Waals surface area contributed by atoms with Crippen molar-refractivity contribution in [1.82, 2.24) is 14.8 Å². The summed E-state index contributed by atoms with van der Waals surface area (Å²) in [5.74, 6) is -0.352. The number of carbonyl (C=O) groups excluding carboxylic acids is 1. The molecule has 3 aromatic rings. The molecule has 2 fully saturated rings. The average Bonchev–Trinajstić information content (AvgIpc) is 2.80. The minimum Gasteiger partial charge on any atom is -0.379 e. The first-order chi connectivity index (χ1) is 16.1. The molecule has 3 heterocycles. The van der Waals surface area contributed by atoms with E-state index in [9.17, 15) is 9.59 Å². The van der Waals surface area contributed by atoms with E-state index in [2.05, 4.69) is 16.3 Å². The lowest BCUT2D eigenvalue weighted by atomic mass is 10.0. The monoisotopic (exact) mass is 447 g/mol. The van der Waals surface area contributed by atoms with Gasteiger partial charge in [-0.3, -0.25) is 14.5 Å². The van der Waals surface area contributed by atoms with Crippen molar-refractivity contribution in [3.63, 3.8) is 0 Å². The highest BCUT2D eigenvalue weighted by Crippen LogP contribution is 2.24. The van der Waals surface area contributed by atoms with Crippen LogP contribution in [0.3, 0.4) is 0 Å². The van der Waals surface area contributed by atoms with Crippen molar-refractivity contribution in [2.24, 2.45) is 0 Å². The third-order valence-corrected chi connectivity index (χ3v) is 6.44. The van der Waals surface area contributed by atoms with Gasteiger partial charge in [-0.25, -0.2) is 0 Å². The van der Waals surface area contributed by atoms with Crippen molar-refractivity contribution in [1.29, 1.82) is 0 Å². The number of benzene rings is 2. The smallest absolute Gasteiger partial charge is 0.257 e. The lowest BCUT2D eigenvalue weighted by Crippen LogP contribution is -2.36. The van der Waals surface area contributed by atoms with Crippen LogP contribution in [-0.4, -0.2) is 54.9 Å². The largest absolute Gasteiger partial charge is 0.379 e. The van der Waals surface area contributed by atoms with E-state index >= 15 is 0 Å². The normalized spacial score (nSPS) is 17.1. The number of hydrogen-bond acceptors (Lipinski definition) is 5. The lowest BCUT2D eigenvalue weighted by Gasteiger charge is -2.30. The highest BCUT2D eigenvalue weighted by Gasteiger charge is 2.25. The molecule has 1 amide bonds. The summed E-state index contributed by atoms with van der Waals surface area (Å²) in [5.41, 5.74) is 4.01. The highest BCUT2D eigenvalue weighted by atomic mass is 16.5. The maximum atomic E-state index is 13.4. The fourth-order valence-electron chi connectivity index (χ4n) is 4.35. The van der Waals surface area contributed by atoms with Crippen LogP contribution in [0.1, 0.15) is 33.1 Å². The van der Waals surface area contributed by atoms with Crippen molar-refractivity contribution in [3.05, 3.63) is 81.1 Å². The number of ether oxygens (including phenoxy) is 2. The lowest BCUT2D eigenvalue weighted by molar-refractivity contribution is -0.0217. The molecule has 1 N–H and O–H groups in total. The summed E-state index contributed by atoms with van der Waals surface area (Å²) >= 11 is 0. The average molecular weight is 448 g/mol. The first-order valence-corrected chi connectivity index (χ1v) is 11.5. The van der Waals surface area contributed by atoms with Crippen molar-refractivity contribution in [3.8, 4) is 0 Å². The third kappa shape index (κ3) is 4.71. The zero-order valence-corrected chi connectivity index (χ0v) is 18.9. The fraction of sp³-hybridized carbons (Fsp3) is 0.385. The Kier molecular flexibility index (Phi) is 6.26. The Hall–Kier alpha value is -3.00. The molecular weight excluding hydrogens is 418 g/mol. The van der Waals surface area contributed by atoms with E-state index in [0.717, 1.165) is 55.1 Å². The number of nitrogens with zero attached hydrogens (tertiary/aromatic N) is 2. The summed E-state index contributed by atoms with van der Waals surface area (Å²) in [6.07, 6.45) is 1.70. The van der Waals surface area contributed by atoms with Crippen molar-refractivity contribution in [2.45, 2.75) is 26.1 Å². The molecule has 5 rings (SSSR count). The number of hydrogen-bond donors (Lipinski definition) is 1. The molecule has 1 aromatic heterocycles. The second kappa shape index (κ2) is 9.47. The molecule has 0 aliphatic carbocycles. The molecule has 172 valence electrons. The van der Waals surface area contributed by atoms with E-state index in [0.29, 0.717) is 25.1 Å². The Balaban J connectivity index is 1.46. The van der Waals surface area contributed by atoms with Crippen LogP contribution in [0.4, 0.5) is 0 Å². The Bertz CT molecular complexity index is 1210. The Morgan fingerprint density at radius 1 is 1.03 bits per heavy atom. The van der Waals surface area contributed by atoms with Crippen LogP contribution in [-0.2, 0) is 22.6 Å². The molecule has 2 aliphatic heterocycles. The fourth-order valence-corrected chi connectivity index (χ4v) is 4.35. The number of amides is 1. The van der Waals surface area contributed by atoms with Gasteiger partial charge in [-0.1, -0.05) is 35.9 Å². The topological polar surface area (TPSA) is 72.8 Å². The van der Waals surface area contributed by atoms with Gasteiger partial charge in [0.1, 0.15) is 5.56 Å². The third-order valence-electron chi connectivity index (χ3n) is 6.44. The Morgan fingerprint density at radius 2 is 1.76 bits per heavy atom. The first kappa shape index (κ1) is 21.8. The van der Waals surface area contributed by atoms with Gasteiger partial charge in [-0.05, 0) is 30.2 Å². The number of fused-ring (bicyclic) bond motifs is 1. The molecule has 0 unspecified atom stereocenters. The van der Waals surface area contributed by atoms with Gasteiger partial charge in [-0.2, -0.15) is 0 Å². The molecule has 2 saturated heterocycles. The van der Waals surface area contributed by atoms with Gasteiger partial charge in [-0.15, -0.1) is 0 Å². The van der Waals surface area contributed by atoms with Crippen LogP contribution in [0, 0.1) is 6.92 Å². The molecule has 2 aliphatic rings. The number of carbonyl (C=O) groups is 1. The number of morpholine rings is 1. The molecule has 0 atom stereocenters. The van der Waals surface area contributed by atoms with Crippen molar-refractivity contribution < 1.29 is 14.3 Å². The van der Waals surface area contributed by atoms with Gasteiger partial charge in [0.05, 0.1) is 38.0 Å². The predicted molar refractivity (Wildman–Crippen MR) is 127 cm³/mol. The minimum absolute atomic E-state index is 0.127. The quantitative estimate of drug-likeness (QED) is 0.629. The second-order valence-corrected chi connectivity index (χ2v) is 8.88. The molecule has 0 bridgehead atoms. The molecule has 7 nitrogen and oxygen atoms in total. The zero-order chi connectivity index (χ0) is 22.8. The molecule has 0 saturated carbocycles. The Morgan fingerprint density at radius 3 is 2.45 bits per heavy atom. The predicted octanol–water partition coefficient (Wildman–Crippen LogP) is 2.64. The molecule has 2 aromatic carbocycles. The number of pyridine rings is 1. The van der Waals surface area contributed by atoms with Gasteiger partial charge in [0.25, 0.3) is 5.91 Å². The molecule has 0 spiro atoms. The first-order valence-electron chi connectivity index (χ1n) is 11.5. The van der Waals surface area contributed by atoms with Gasteiger partial charge in [0.2, 0.25) is 5.43 Å². The van der Waals surface area contributed by atoms with Gasteiger partial charge >= 0.3 is 0 Å². The van der Waals surface area contributed by atoms with E-state index in [4.69, 9.17) is 9.47 Å². The number of aromatic nitrogens is 1. The van der Waals surface area contributed by atoms with E-state index in [-0.39, 0.29) is 22.9 Å². The summed E-state index contributed by atoms with van der Waals surface area (Å²) in [5, 5.41) is 3.50. The van der Waals surface area contributed by atoms with E-state index in [1.807, 2.05) is 47.9 Å².